The van der Waals surface area contributed by atoms with Gasteiger partial charge in [0.15, 0.2) is 6.29 Å². The largest absolute Gasteiger partial charge is 0.417 e. The zero-order chi connectivity index (χ0) is 25.6. The van der Waals surface area contributed by atoms with Crippen LogP contribution in [0.25, 0.3) is 0 Å². The number of halogens is 3. The van der Waals surface area contributed by atoms with Crippen LogP contribution in [-0.2, 0) is 11.0 Å². The van der Waals surface area contributed by atoms with Gasteiger partial charge in [0, 0.05) is 12.6 Å². The second-order valence-electron chi connectivity index (χ2n) is 8.81. The van der Waals surface area contributed by atoms with Gasteiger partial charge in [-0.15, -0.1) is 0 Å². The Bertz CT molecular complexity index is 1320. The van der Waals surface area contributed by atoms with Crippen molar-refractivity contribution in [3.05, 3.63) is 77.0 Å². The van der Waals surface area contributed by atoms with E-state index in [-0.39, 0.29) is 11.7 Å². The average molecular weight is 499 g/mol. The van der Waals surface area contributed by atoms with E-state index >= 15 is 0 Å². The number of hydrogen-bond acceptors (Lipinski definition) is 6. The Morgan fingerprint density at radius 2 is 1.89 bits per heavy atom. The van der Waals surface area contributed by atoms with Crippen molar-refractivity contribution in [3.63, 3.8) is 0 Å². The molecular weight excluding hydrogens is 475 g/mol. The second-order valence-corrected chi connectivity index (χ2v) is 8.81. The van der Waals surface area contributed by atoms with Crippen molar-refractivity contribution in [1.82, 2.24) is 25.8 Å². The number of alkyl halides is 3. The molecule has 3 heterocycles. The lowest BCUT2D eigenvalue weighted by Gasteiger charge is -2.37. The maximum Gasteiger partial charge on any atom is 0.417 e. The van der Waals surface area contributed by atoms with Crippen molar-refractivity contribution < 1.29 is 22.8 Å². The van der Waals surface area contributed by atoms with Crippen LogP contribution in [-0.4, -0.2) is 34.3 Å². The number of hydrogen-bond donors (Lipinski definition) is 4. The molecule has 5 rings (SSSR count). The summed E-state index contributed by atoms with van der Waals surface area (Å²) in [5, 5.41) is 14.9. The number of anilines is 2. The predicted octanol–water partition coefficient (Wildman–Crippen LogP) is 2.91. The molecule has 2 aromatic carbocycles. The molecule has 2 saturated heterocycles. The van der Waals surface area contributed by atoms with E-state index in [1.54, 1.807) is 6.92 Å². The number of aromatic nitrogens is 2. The van der Waals surface area contributed by atoms with Crippen LogP contribution in [0.5, 0.6) is 0 Å². The Labute approximate surface area is 204 Å². The molecule has 2 fully saturated rings. The van der Waals surface area contributed by atoms with Crippen molar-refractivity contribution in [1.29, 1.82) is 0 Å². The number of nitrogens with zero attached hydrogens (tertiary/aromatic N) is 3. The fourth-order valence-electron chi connectivity index (χ4n) is 4.54. The summed E-state index contributed by atoms with van der Waals surface area (Å²) in [5.41, 5.74) is 4.13. The Hall–Kier alpha value is -3.90. The highest BCUT2D eigenvalue weighted by Gasteiger charge is 2.45. The fraction of sp³-hybridized carbons (Fsp3) is 0.292. The molecule has 3 aromatic rings. The normalized spacial score (nSPS) is 21.8. The van der Waals surface area contributed by atoms with E-state index in [0.717, 1.165) is 23.4 Å². The van der Waals surface area contributed by atoms with E-state index in [4.69, 9.17) is 0 Å². The number of carbonyl (C=O) groups excluding carboxylic acids is 2. The first-order valence-electron chi connectivity index (χ1n) is 11.3. The van der Waals surface area contributed by atoms with Gasteiger partial charge in [-0.25, -0.2) is 10.1 Å². The highest BCUT2D eigenvalue weighted by atomic mass is 19.4. The Kier molecular flexibility index (Phi) is 5.92. The number of fused-ring (bicyclic) bond motifs is 1. The van der Waals surface area contributed by atoms with Crippen molar-refractivity contribution >= 4 is 23.3 Å². The van der Waals surface area contributed by atoms with Crippen LogP contribution in [0.4, 0.5) is 24.7 Å². The van der Waals surface area contributed by atoms with Gasteiger partial charge in [0.25, 0.3) is 5.91 Å². The maximum absolute atomic E-state index is 13.4. The first-order valence-corrected chi connectivity index (χ1v) is 11.3. The lowest BCUT2D eigenvalue weighted by Crippen LogP contribution is -2.61. The van der Waals surface area contributed by atoms with Crippen molar-refractivity contribution in [2.75, 3.05) is 16.9 Å². The fourth-order valence-corrected chi connectivity index (χ4v) is 4.54. The van der Waals surface area contributed by atoms with Gasteiger partial charge in [-0.1, -0.05) is 24.3 Å². The van der Waals surface area contributed by atoms with Crippen LogP contribution in [0.15, 0.2) is 54.6 Å². The third-order valence-electron chi connectivity index (χ3n) is 6.19. The molecule has 2 aliphatic rings. The third-order valence-corrected chi connectivity index (χ3v) is 6.19. The number of nitrogens with one attached hydrogen (secondary N) is 4. The smallest absolute Gasteiger partial charge is 0.321 e. The summed E-state index contributed by atoms with van der Waals surface area (Å²) >= 11 is 0. The van der Waals surface area contributed by atoms with Crippen LogP contribution in [0, 0.1) is 19.8 Å². The third kappa shape index (κ3) is 4.40. The average Bonchev–Trinajstić information content (AvgIpc) is 3.42. The summed E-state index contributed by atoms with van der Waals surface area (Å²) in [4.78, 5) is 25.8. The van der Waals surface area contributed by atoms with Crippen molar-refractivity contribution in [2.45, 2.75) is 32.5 Å². The molecule has 2 aliphatic heterocycles. The summed E-state index contributed by atoms with van der Waals surface area (Å²) < 4.78 is 41.6. The van der Waals surface area contributed by atoms with Crippen LogP contribution in [0.1, 0.15) is 33.5 Å². The molecule has 1 aromatic heterocycles. The second kappa shape index (κ2) is 8.95. The minimum Gasteiger partial charge on any atom is -0.321 e. The Balaban J connectivity index is 1.42. The monoisotopic (exact) mass is 499 g/mol. The molecule has 0 radical (unpaired) electrons. The molecular formula is C24H24F3N7O2. The summed E-state index contributed by atoms with van der Waals surface area (Å²) in [5.74, 6) is -1.42. The van der Waals surface area contributed by atoms with Gasteiger partial charge < -0.3 is 10.6 Å². The highest BCUT2D eigenvalue weighted by molar-refractivity contribution is 6.05. The first-order chi connectivity index (χ1) is 17.1. The van der Waals surface area contributed by atoms with Gasteiger partial charge in [0.1, 0.15) is 12.0 Å². The van der Waals surface area contributed by atoms with Gasteiger partial charge in [0.2, 0.25) is 5.91 Å². The molecule has 12 heteroatoms. The van der Waals surface area contributed by atoms with E-state index in [0.29, 0.717) is 12.2 Å². The quantitative estimate of drug-likeness (QED) is 0.440. The van der Waals surface area contributed by atoms with E-state index in [9.17, 15) is 22.8 Å². The van der Waals surface area contributed by atoms with E-state index < -0.39 is 41.6 Å². The van der Waals surface area contributed by atoms with Crippen LogP contribution < -0.4 is 26.4 Å². The molecule has 9 nitrogen and oxygen atoms in total. The molecule has 4 N–H and O–H groups in total. The molecule has 0 saturated carbocycles. The summed E-state index contributed by atoms with van der Waals surface area (Å²) in [7, 11) is 0. The molecule has 188 valence electrons. The predicted molar refractivity (Wildman–Crippen MR) is 126 cm³/mol. The van der Waals surface area contributed by atoms with E-state index in [2.05, 4.69) is 26.5 Å². The molecule has 3 unspecified atom stereocenters. The van der Waals surface area contributed by atoms with Gasteiger partial charge >= 0.3 is 6.18 Å². The number of rotatable bonds is 4. The minimum atomic E-state index is -4.69. The van der Waals surface area contributed by atoms with Gasteiger partial charge in [-0.05, 0) is 43.7 Å². The first kappa shape index (κ1) is 23.8. The van der Waals surface area contributed by atoms with Crippen LogP contribution >= 0.6 is 0 Å². The minimum absolute atomic E-state index is 0.138. The van der Waals surface area contributed by atoms with E-state index in [1.165, 1.54) is 22.9 Å². The zero-order valence-corrected chi connectivity index (χ0v) is 19.4. The lowest BCUT2D eigenvalue weighted by atomic mass is 10.0. The Morgan fingerprint density at radius 1 is 1.11 bits per heavy atom. The molecule has 36 heavy (non-hydrogen) atoms. The number of hydrazine groups is 1. The molecule has 0 spiro atoms. The topological polar surface area (TPSA) is 103 Å². The number of aryl methyl sites for hydroxylation is 2. The van der Waals surface area contributed by atoms with Gasteiger partial charge in [-0.3, -0.25) is 19.9 Å². The lowest BCUT2D eigenvalue weighted by molar-refractivity contribution is -0.138. The van der Waals surface area contributed by atoms with Crippen molar-refractivity contribution in [2.24, 2.45) is 5.92 Å². The van der Waals surface area contributed by atoms with Crippen LogP contribution in [0.3, 0.4) is 0 Å². The maximum atomic E-state index is 13.4. The summed E-state index contributed by atoms with van der Waals surface area (Å²) in [6, 6.07) is 13.9. The Morgan fingerprint density at radius 3 is 2.64 bits per heavy atom. The number of benzene rings is 2. The molecule has 0 bridgehead atoms. The molecule has 3 atom stereocenters. The standard InChI is InChI=1S/C24H24F3N7O2/c1-13-6-5-7-15(10-13)33-20-17(12-28-33)22(36)31-23(30-20)34-19(11-14(2)32-34)29-21(35)16-8-3-4-9-18(16)24(25,26)27/h3-11,17,20,23,28,30H,12H2,1-2H3,(H,29,35)(H,31,36). The SMILES string of the molecule is Cc1cccc(N2NCC3C(=O)NC(n4nc(C)cc4NC(=O)c4ccccc4C(F)(F)F)NC32)c1. The molecule has 0 aliphatic carbocycles. The van der Waals surface area contributed by atoms with Gasteiger partial charge in [-0.2, -0.15) is 18.3 Å². The van der Waals surface area contributed by atoms with Crippen LogP contribution in [0.2, 0.25) is 0 Å². The molecule has 2 amide bonds. The summed E-state index contributed by atoms with van der Waals surface area (Å²) in [6.07, 6.45) is -5.97. The van der Waals surface area contributed by atoms with E-state index in [1.807, 2.05) is 36.2 Å². The zero-order valence-electron chi connectivity index (χ0n) is 19.4. The number of carbonyl (C=O) groups is 2. The van der Waals surface area contributed by atoms with Gasteiger partial charge in [0.05, 0.1) is 28.4 Å². The summed E-state index contributed by atoms with van der Waals surface area (Å²) in [6.45, 7) is 4.07. The number of amides is 2. The highest BCUT2D eigenvalue weighted by Crippen LogP contribution is 2.33. The van der Waals surface area contributed by atoms with Crippen molar-refractivity contribution in [3.8, 4) is 0 Å².